The third kappa shape index (κ3) is 4.78. The summed E-state index contributed by atoms with van der Waals surface area (Å²) in [4.78, 5) is 0. The van der Waals surface area contributed by atoms with E-state index in [-0.39, 0.29) is 21.0 Å². The molecular weight excluding hydrogens is 163 g/mol. The molecule has 56 valence electrons. The summed E-state index contributed by atoms with van der Waals surface area (Å²) >= 11 is 0. The van der Waals surface area contributed by atoms with Crippen LogP contribution >= 0.6 is 7.78 Å². The van der Waals surface area contributed by atoms with E-state index in [1.54, 1.807) is 0 Å². The SMILES string of the molecule is CPS(=O)(=O)OCCO. The van der Waals surface area contributed by atoms with Crippen molar-refractivity contribution in [1.82, 2.24) is 0 Å². The van der Waals surface area contributed by atoms with Crippen molar-refractivity contribution < 1.29 is 17.7 Å². The molecule has 0 radical (unpaired) electrons. The maximum absolute atomic E-state index is 10.4. The van der Waals surface area contributed by atoms with E-state index in [0.29, 0.717) is 0 Å². The van der Waals surface area contributed by atoms with Gasteiger partial charge in [0.15, 0.2) is 0 Å². The van der Waals surface area contributed by atoms with Gasteiger partial charge in [-0.1, -0.05) is 0 Å². The second-order valence-electron chi connectivity index (χ2n) is 1.20. The van der Waals surface area contributed by atoms with Gasteiger partial charge in [-0.05, 0) is 6.66 Å². The van der Waals surface area contributed by atoms with Crippen LogP contribution in [0.5, 0.6) is 0 Å². The van der Waals surface area contributed by atoms with E-state index in [4.69, 9.17) is 5.11 Å². The highest BCUT2D eigenvalue weighted by molar-refractivity contribution is 8.40. The maximum Gasteiger partial charge on any atom is 0.280 e. The fourth-order valence-electron chi connectivity index (χ4n) is 0.206. The van der Waals surface area contributed by atoms with Gasteiger partial charge in [0, 0.05) is 7.78 Å². The van der Waals surface area contributed by atoms with Crippen LogP contribution in [0.15, 0.2) is 0 Å². The monoisotopic (exact) mass is 172 g/mol. The van der Waals surface area contributed by atoms with Crippen molar-refractivity contribution in [2.75, 3.05) is 19.9 Å². The van der Waals surface area contributed by atoms with E-state index in [2.05, 4.69) is 4.18 Å². The minimum atomic E-state index is -3.31. The van der Waals surface area contributed by atoms with Crippen LogP contribution in [0.25, 0.3) is 0 Å². The molecule has 0 heterocycles. The van der Waals surface area contributed by atoms with Crippen LogP contribution in [-0.4, -0.2) is 33.4 Å². The number of hydrogen-bond acceptors (Lipinski definition) is 4. The molecule has 0 aliphatic heterocycles. The number of hydrogen-bond donors (Lipinski definition) is 1. The molecule has 6 heteroatoms. The minimum Gasteiger partial charge on any atom is -0.394 e. The van der Waals surface area contributed by atoms with Crippen LogP contribution < -0.4 is 0 Å². The molecule has 0 spiro atoms. The Balaban J connectivity index is 3.61. The zero-order valence-corrected chi connectivity index (χ0v) is 6.81. The van der Waals surface area contributed by atoms with Gasteiger partial charge in [-0.15, -0.1) is 0 Å². The average molecular weight is 172 g/mol. The van der Waals surface area contributed by atoms with Gasteiger partial charge in [-0.25, -0.2) is 0 Å². The Morgan fingerprint density at radius 1 is 1.67 bits per heavy atom. The molecule has 0 saturated carbocycles. The van der Waals surface area contributed by atoms with Crippen molar-refractivity contribution in [1.29, 1.82) is 0 Å². The Morgan fingerprint density at radius 3 is 2.56 bits per heavy atom. The van der Waals surface area contributed by atoms with Crippen LogP contribution in [0.4, 0.5) is 0 Å². The summed E-state index contributed by atoms with van der Waals surface area (Å²) in [7, 11) is -3.58. The number of aliphatic hydroxyl groups excluding tert-OH is 1. The first kappa shape index (κ1) is 9.30. The molecule has 1 atom stereocenters. The second-order valence-corrected chi connectivity index (χ2v) is 5.48. The molecule has 1 N–H and O–H groups in total. The predicted molar refractivity (Wildman–Crippen MR) is 36.2 cm³/mol. The summed E-state index contributed by atoms with van der Waals surface area (Å²) in [5, 5.41) is 8.14. The van der Waals surface area contributed by atoms with Crippen LogP contribution in [0.3, 0.4) is 0 Å². The third-order valence-electron chi connectivity index (χ3n) is 0.580. The van der Waals surface area contributed by atoms with Crippen molar-refractivity contribution in [3.05, 3.63) is 0 Å². The Labute approximate surface area is 55.9 Å². The molecule has 0 rings (SSSR count). The van der Waals surface area contributed by atoms with Gasteiger partial charge in [0.2, 0.25) is 0 Å². The van der Waals surface area contributed by atoms with E-state index < -0.39 is 9.74 Å². The highest BCUT2D eigenvalue weighted by atomic mass is 32.8. The standard InChI is InChI=1S/C3H9O4PS/c1-8-9(5,6)7-3-2-4/h4,8H,2-3H2,1H3. The highest BCUT2D eigenvalue weighted by Gasteiger charge is 2.04. The lowest BCUT2D eigenvalue weighted by Gasteiger charge is -1.98. The van der Waals surface area contributed by atoms with E-state index in [0.717, 1.165) is 0 Å². The summed E-state index contributed by atoms with van der Waals surface area (Å²) in [5.74, 6) is 0. The summed E-state index contributed by atoms with van der Waals surface area (Å²) in [6, 6.07) is 0. The zero-order valence-electron chi connectivity index (χ0n) is 4.99. The van der Waals surface area contributed by atoms with Gasteiger partial charge in [-0.2, -0.15) is 8.42 Å². The molecule has 0 aliphatic carbocycles. The van der Waals surface area contributed by atoms with Gasteiger partial charge in [0.05, 0.1) is 13.2 Å². The lowest BCUT2D eigenvalue weighted by atomic mass is 10.8. The van der Waals surface area contributed by atoms with Crippen LogP contribution in [-0.2, 0) is 13.9 Å². The summed E-state index contributed by atoms with van der Waals surface area (Å²) in [6.45, 7) is 1.11. The quantitative estimate of drug-likeness (QED) is 0.583. The van der Waals surface area contributed by atoms with Crippen molar-refractivity contribution >= 4 is 17.5 Å². The van der Waals surface area contributed by atoms with Gasteiger partial charge < -0.3 is 5.11 Å². The Bertz CT molecular complexity index is 151. The molecule has 0 aromatic rings. The topological polar surface area (TPSA) is 63.6 Å². The van der Waals surface area contributed by atoms with Crippen molar-refractivity contribution in [2.45, 2.75) is 0 Å². The Morgan fingerprint density at radius 2 is 2.22 bits per heavy atom. The van der Waals surface area contributed by atoms with Crippen LogP contribution in [0.1, 0.15) is 0 Å². The predicted octanol–water partition coefficient (Wildman–Crippen LogP) is -0.452. The minimum absolute atomic E-state index is 0.136. The summed E-state index contributed by atoms with van der Waals surface area (Å²) < 4.78 is 25.1. The smallest absolute Gasteiger partial charge is 0.280 e. The van der Waals surface area contributed by atoms with E-state index in [9.17, 15) is 8.42 Å². The molecule has 0 saturated heterocycles. The van der Waals surface area contributed by atoms with Crippen molar-refractivity contribution in [3.8, 4) is 0 Å². The lowest BCUT2D eigenvalue weighted by molar-refractivity contribution is 0.209. The Kier molecular flexibility index (Phi) is 4.31. The van der Waals surface area contributed by atoms with E-state index >= 15 is 0 Å². The molecule has 0 bridgehead atoms. The molecule has 4 nitrogen and oxygen atoms in total. The number of aliphatic hydroxyl groups is 1. The zero-order chi connectivity index (χ0) is 7.33. The molecule has 0 amide bonds. The summed E-state index contributed by atoms with van der Waals surface area (Å²) in [5.41, 5.74) is 0. The first-order valence-corrected chi connectivity index (χ1v) is 5.94. The molecular formula is C3H9O4PS. The van der Waals surface area contributed by atoms with Crippen LogP contribution in [0.2, 0.25) is 0 Å². The van der Waals surface area contributed by atoms with Gasteiger partial charge in [0.1, 0.15) is 0 Å². The van der Waals surface area contributed by atoms with Crippen molar-refractivity contribution in [2.24, 2.45) is 0 Å². The van der Waals surface area contributed by atoms with E-state index in [1.807, 2.05) is 0 Å². The highest BCUT2D eigenvalue weighted by Crippen LogP contribution is 2.15. The first-order chi connectivity index (χ1) is 4.12. The Hall–Kier alpha value is 0.300. The van der Waals surface area contributed by atoms with Gasteiger partial charge in [-0.3, -0.25) is 4.18 Å². The van der Waals surface area contributed by atoms with Crippen LogP contribution in [0, 0.1) is 0 Å². The molecule has 0 aromatic carbocycles. The normalized spacial score (nSPS) is 13.1. The molecule has 1 unspecified atom stereocenters. The maximum atomic E-state index is 10.4. The molecule has 0 aromatic heterocycles. The summed E-state index contributed by atoms with van der Waals surface area (Å²) in [6.07, 6.45) is 0. The fraction of sp³-hybridized carbons (Fsp3) is 1.00. The molecule has 0 aliphatic rings. The number of rotatable bonds is 4. The van der Waals surface area contributed by atoms with Crippen molar-refractivity contribution in [3.63, 3.8) is 0 Å². The third-order valence-corrected chi connectivity index (χ3v) is 3.41. The largest absolute Gasteiger partial charge is 0.394 e. The second kappa shape index (κ2) is 4.17. The molecule has 9 heavy (non-hydrogen) atoms. The first-order valence-electron chi connectivity index (χ1n) is 2.31. The lowest BCUT2D eigenvalue weighted by Crippen LogP contribution is -2.03. The average Bonchev–Trinajstić information content (AvgIpc) is 1.84. The fourth-order valence-corrected chi connectivity index (χ4v) is 1.22. The molecule has 0 fully saturated rings. The van der Waals surface area contributed by atoms with E-state index in [1.165, 1.54) is 6.66 Å². The van der Waals surface area contributed by atoms with Gasteiger partial charge >= 0.3 is 0 Å². The van der Waals surface area contributed by atoms with Gasteiger partial charge in [0.25, 0.3) is 9.74 Å².